The number of hydrogen-bond donors (Lipinski definition) is 0. The number of aromatic nitrogens is 4. The molecule has 30 heavy (non-hydrogen) atoms. The average Bonchev–Trinajstić information content (AvgIpc) is 3.46. The smallest absolute Gasteiger partial charge is 0.233 e. The first-order valence-corrected chi connectivity index (χ1v) is 13.1. The maximum absolute atomic E-state index is 13.1. The van der Waals surface area contributed by atoms with E-state index in [1.807, 2.05) is 48.7 Å². The van der Waals surface area contributed by atoms with Gasteiger partial charge in [-0.05, 0) is 47.4 Å². The zero-order valence-electron chi connectivity index (χ0n) is 16.3. The topological polar surface area (TPSA) is 98.1 Å². The minimum Gasteiger partial charge on any atom is -0.333 e. The highest BCUT2D eigenvalue weighted by Gasteiger charge is 2.35. The molecule has 0 spiro atoms. The Morgan fingerprint density at radius 1 is 1.30 bits per heavy atom. The molecule has 1 saturated heterocycles. The lowest BCUT2D eigenvalue weighted by Gasteiger charge is -2.27. The molecular weight excluding hydrogens is 442 g/mol. The van der Waals surface area contributed by atoms with Gasteiger partial charge < -0.3 is 4.90 Å². The monoisotopic (exact) mass is 463 g/mol. The van der Waals surface area contributed by atoms with Crippen molar-refractivity contribution in [3.05, 3.63) is 52.2 Å². The number of nitrogens with zero attached hydrogens (tertiary/aromatic N) is 5. The molecule has 0 radical (unpaired) electrons. The van der Waals surface area contributed by atoms with E-state index < -0.39 is 9.84 Å². The van der Waals surface area contributed by atoms with Crippen molar-refractivity contribution in [3.63, 3.8) is 0 Å². The van der Waals surface area contributed by atoms with E-state index in [0.717, 1.165) is 16.1 Å². The van der Waals surface area contributed by atoms with Gasteiger partial charge in [0.2, 0.25) is 11.1 Å². The SMILES string of the molecule is Cc1ccc(-n2nnnc2SCC(=O)N(Cc2cccs2)[C@@H]2CCS(=O)(=O)C2)cc1. The van der Waals surface area contributed by atoms with Crippen LogP contribution in [0.15, 0.2) is 46.9 Å². The number of carbonyl (C=O) groups excluding carboxylic acids is 1. The highest BCUT2D eigenvalue weighted by Crippen LogP contribution is 2.25. The van der Waals surface area contributed by atoms with Gasteiger partial charge in [0.1, 0.15) is 0 Å². The van der Waals surface area contributed by atoms with E-state index >= 15 is 0 Å². The van der Waals surface area contributed by atoms with E-state index in [0.29, 0.717) is 18.1 Å². The van der Waals surface area contributed by atoms with Gasteiger partial charge in [-0.3, -0.25) is 4.79 Å². The Kier molecular flexibility index (Phi) is 6.21. The van der Waals surface area contributed by atoms with Crippen molar-refractivity contribution in [3.8, 4) is 5.69 Å². The Labute approximate surface area is 183 Å². The Morgan fingerprint density at radius 2 is 2.10 bits per heavy atom. The normalized spacial score (nSPS) is 17.8. The van der Waals surface area contributed by atoms with Gasteiger partial charge in [-0.25, -0.2) is 8.42 Å². The molecule has 3 aromatic rings. The predicted octanol–water partition coefficient (Wildman–Crippen LogP) is 2.34. The summed E-state index contributed by atoms with van der Waals surface area (Å²) >= 11 is 2.81. The minimum atomic E-state index is -3.09. The molecule has 1 aliphatic rings. The number of thiophene rings is 1. The van der Waals surface area contributed by atoms with Gasteiger partial charge in [0, 0.05) is 10.9 Å². The van der Waals surface area contributed by atoms with E-state index in [2.05, 4.69) is 15.5 Å². The number of carbonyl (C=O) groups is 1. The van der Waals surface area contributed by atoms with Crippen LogP contribution in [0.3, 0.4) is 0 Å². The lowest BCUT2D eigenvalue weighted by molar-refractivity contribution is -0.130. The third-order valence-electron chi connectivity index (χ3n) is 4.92. The molecule has 0 N–H and O–H groups in total. The fourth-order valence-electron chi connectivity index (χ4n) is 3.34. The quantitative estimate of drug-likeness (QED) is 0.496. The van der Waals surface area contributed by atoms with Crippen LogP contribution in [0.4, 0.5) is 0 Å². The molecule has 8 nitrogen and oxygen atoms in total. The van der Waals surface area contributed by atoms with Crippen molar-refractivity contribution in [2.45, 2.75) is 31.1 Å². The van der Waals surface area contributed by atoms with Crippen molar-refractivity contribution in [2.75, 3.05) is 17.3 Å². The maximum atomic E-state index is 13.1. The van der Waals surface area contributed by atoms with Gasteiger partial charge in [0.25, 0.3) is 0 Å². The van der Waals surface area contributed by atoms with Crippen molar-refractivity contribution >= 4 is 38.8 Å². The first-order valence-electron chi connectivity index (χ1n) is 9.42. The highest BCUT2D eigenvalue weighted by molar-refractivity contribution is 7.99. The number of sulfone groups is 1. The van der Waals surface area contributed by atoms with Crippen LogP contribution in [0.5, 0.6) is 0 Å². The fourth-order valence-corrected chi connectivity index (χ4v) is 6.55. The third-order valence-corrected chi connectivity index (χ3v) is 8.44. The minimum absolute atomic E-state index is 0.0237. The van der Waals surface area contributed by atoms with Crippen molar-refractivity contribution in [2.24, 2.45) is 0 Å². The summed E-state index contributed by atoms with van der Waals surface area (Å²) in [6, 6.07) is 11.4. The zero-order chi connectivity index (χ0) is 21.1. The molecule has 3 heterocycles. The number of hydrogen-bond acceptors (Lipinski definition) is 8. The van der Waals surface area contributed by atoms with Crippen LogP contribution in [0, 0.1) is 6.92 Å². The van der Waals surface area contributed by atoms with Crippen LogP contribution >= 0.6 is 23.1 Å². The first kappa shape index (κ1) is 21.0. The van der Waals surface area contributed by atoms with Gasteiger partial charge in [0.15, 0.2) is 9.84 Å². The van der Waals surface area contributed by atoms with E-state index in [1.54, 1.807) is 20.9 Å². The predicted molar refractivity (Wildman–Crippen MR) is 117 cm³/mol. The second-order valence-electron chi connectivity index (χ2n) is 7.16. The molecule has 1 aromatic carbocycles. The Morgan fingerprint density at radius 3 is 2.77 bits per heavy atom. The number of thioether (sulfide) groups is 1. The summed E-state index contributed by atoms with van der Waals surface area (Å²) < 4.78 is 25.5. The Hall–Kier alpha value is -2.24. The number of amides is 1. The molecule has 0 unspecified atom stereocenters. The number of aryl methyl sites for hydroxylation is 1. The maximum Gasteiger partial charge on any atom is 0.233 e. The molecule has 11 heteroatoms. The third kappa shape index (κ3) is 4.90. The number of rotatable bonds is 7. The molecule has 0 aliphatic carbocycles. The largest absolute Gasteiger partial charge is 0.333 e. The molecule has 1 atom stereocenters. The van der Waals surface area contributed by atoms with Crippen LogP contribution in [0.25, 0.3) is 5.69 Å². The molecule has 1 fully saturated rings. The van der Waals surface area contributed by atoms with Crippen molar-refractivity contribution < 1.29 is 13.2 Å². The summed E-state index contributed by atoms with van der Waals surface area (Å²) in [6.45, 7) is 2.42. The summed E-state index contributed by atoms with van der Waals surface area (Å²) in [5.74, 6) is 0.170. The summed E-state index contributed by atoms with van der Waals surface area (Å²) in [5, 5.41) is 14.3. The molecule has 4 rings (SSSR count). The van der Waals surface area contributed by atoms with E-state index in [-0.39, 0.29) is 29.2 Å². The van der Waals surface area contributed by atoms with Gasteiger partial charge in [-0.15, -0.1) is 16.4 Å². The summed E-state index contributed by atoms with van der Waals surface area (Å²) in [6.07, 6.45) is 0.477. The van der Waals surface area contributed by atoms with Gasteiger partial charge >= 0.3 is 0 Å². The van der Waals surface area contributed by atoms with Crippen molar-refractivity contribution in [1.29, 1.82) is 0 Å². The lowest BCUT2D eigenvalue weighted by atomic mass is 10.2. The first-order chi connectivity index (χ1) is 14.4. The van der Waals surface area contributed by atoms with E-state index in [9.17, 15) is 13.2 Å². The molecule has 0 saturated carbocycles. The van der Waals surface area contributed by atoms with E-state index in [1.165, 1.54) is 11.8 Å². The van der Waals surface area contributed by atoms with Crippen LogP contribution in [-0.2, 0) is 21.2 Å². The van der Waals surface area contributed by atoms with Crippen LogP contribution in [0.1, 0.15) is 16.9 Å². The summed E-state index contributed by atoms with van der Waals surface area (Å²) in [4.78, 5) is 15.8. The Balaban J connectivity index is 1.48. The van der Waals surface area contributed by atoms with E-state index in [4.69, 9.17) is 0 Å². The molecular formula is C19H21N5O3S3. The average molecular weight is 464 g/mol. The van der Waals surface area contributed by atoms with Gasteiger partial charge in [-0.1, -0.05) is 35.5 Å². The fraction of sp³-hybridized carbons (Fsp3) is 0.368. The molecule has 0 bridgehead atoms. The Bertz CT molecular complexity index is 1110. The lowest BCUT2D eigenvalue weighted by Crippen LogP contribution is -2.41. The van der Waals surface area contributed by atoms with Crippen LogP contribution < -0.4 is 0 Å². The van der Waals surface area contributed by atoms with Crippen LogP contribution in [0.2, 0.25) is 0 Å². The molecule has 158 valence electrons. The molecule has 1 amide bonds. The second kappa shape index (κ2) is 8.86. The molecule has 1 aliphatic heterocycles. The van der Waals surface area contributed by atoms with Gasteiger partial charge in [0.05, 0.1) is 29.5 Å². The number of tetrazole rings is 1. The summed E-state index contributed by atoms with van der Waals surface area (Å²) in [7, 11) is -3.09. The van der Waals surface area contributed by atoms with Gasteiger partial charge in [-0.2, -0.15) is 4.68 Å². The van der Waals surface area contributed by atoms with Crippen LogP contribution in [-0.4, -0.2) is 62.7 Å². The number of benzene rings is 1. The highest BCUT2D eigenvalue weighted by atomic mass is 32.2. The molecule has 2 aromatic heterocycles. The van der Waals surface area contributed by atoms with Crippen molar-refractivity contribution in [1.82, 2.24) is 25.1 Å². The summed E-state index contributed by atoms with van der Waals surface area (Å²) in [5.41, 5.74) is 1.95. The standard InChI is InChI=1S/C19H21N5O3S3/c1-14-4-6-15(7-5-14)24-19(20-21-22-24)29-12-18(25)23(11-17-3-2-9-28-17)16-8-10-30(26,27)13-16/h2-7,9,16H,8,10-13H2,1H3/t16-/m1/s1. The second-order valence-corrected chi connectivity index (χ2v) is 11.4. The zero-order valence-corrected chi connectivity index (χ0v) is 18.8.